The third-order valence-corrected chi connectivity index (χ3v) is 21.6. The summed E-state index contributed by atoms with van der Waals surface area (Å²) in [7, 11) is -2.48. The van der Waals surface area contributed by atoms with Crippen LogP contribution in [0.15, 0.2) is 104 Å². The molecular weight excluding hydrogens is 1030 g/mol. The summed E-state index contributed by atoms with van der Waals surface area (Å²) in [5.41, 5.74) is 9.37. The topological polar surface area (TPSA) is 215 Å². The molecular formula is C60H87N3O15Si. The molecule has 19 heteroatoms. The molecule has 8 rings (SSSR count). The smallest absolute Gasteiger partial charge is 0.407 e. The van der Waals surface area contributed by atoms with Gasteiger partial charge in [-0.25, -0.2) is 9.59 Å². The zero-order chi connectivity index (χ0) is 56.6. The van der Waals surface area contributed by atoms with Crippen molar-refractivity contribution in [2.24, 2.45) is 29.4 Å². The SMILES string of the molecule is C=CCO[C@H]1[C@H](O[C@@H]2[C@@H](O)[C@H](N)C[C@H](NC(=O)OCc3ccccc3)[C@H]2O[C@H]2O[C@@H]3COC(c4ccccc4)O[C@H]3[C@H](O[Si](C)(C)C(C)(C)C)[C@H]2C)O[C@H](CC)[C@H]1O[C@H]1O[C@@H](CNC(=O)OCc2ccccc2)[C@@H](C)[C@H](C)[C@H]1C. The molecule has 5 N–H and O–H groups in total. The van der Waals surface area contributed by atoms with Gasteiger partial charge in [-0.2, -0.15) is 0 Å². The highest BCUT2D eigenvalue weighted by Gasteiger charge is 2.57. The molecule has 436 valence electrons. The van der Waals surface area contributed by atoms with E-state index in [1.165, 1.54) is 0 Å². The average Bonchev–Trinajstić information content (AvgIpc) is 3.84. The molecule has 4 saturated heterocycles. The monoisotopic (exact) mass is 1120 g/mol. The molecule has 3 aromatic carbocycles. The van der Waals surface area contributed by atoms with E-state index in [2.05, 4.69) is 71.8 Å². The first-order valence-electron chi connectivity index (χ1n) is 28.3. The van der Waals surface area contributed by atoms with Crippen molar-refractivity contribution in [3.05, 3.63) is 120 Å². The lowest BCUT2D eigenvalue weighted by atomic mass is 9.79. The van der Waals surface area contributed by atoms with Crippen LogP contribution in [0.2, 0.25) is 18.1 Å². The van der Waals surface area contributed by atoms with Crippen LogP contribution in [0.3, 0.4) is 0 Å². The molecule has 1 aliphatic carbocycles. The van der Waals surface area contributed by atoms with Crippen molar-refractivity contribution in [2.75, 3.05) is 19.8 Å². The van der Waals surface area contributed by atoms with E-state index in [1.54, 1.807) is 6.08 Å². The maximum absolute atomic E-state index is 13.9. The third kappa shape index (κ3) is 14.8. The summed E-state index contributed by atoms with van der Waals surface area (Å²) in [5.74, 6) is -0.360. The summed E-state index contributed by atoms with van der Waals surface area (Å²) in [4.78, 5) is 26.8. The van der Waals surface area contributed by atoms with Crippen molar-refractivity contribution >= 4 is 20.5 Å². The van der Waals surface area contributed by atoms with Gasteiger partial charge >= 0.3 is 12.2 Å². The first-order chi connectivity index (χ1) is 37.8. The molecule has 1 unspecified atom stereocenters. The molecule has 18 nitrogen and oxygen atoms in total. The summed E-state index contributed by atoms with van der Waals surface area (Å²) in [6, 6.07) is 26.9. The normalized spacial score (nSPS) is 35.9. The lowest BCUT2D eigenvalue weighted by molar-refractivity contribution is -0.364. The van der Waals surface area contributed by atoms with Crippen LogP contribution in [-0.4, -0.2) is 137 Å². The Labute approximate surface area is 468 Å². The molecule has 2 amide bonds. The lowest BCUT2D eigenvalue weighted by Gasteiger charge is -2.53. The minimum Gasteiger partial charge on any atom is -0.445 e. The molecule has 4 aliphatic heterocycles. The van der Waals surface area contributed by atoms with Crippen LogP contribution in [0.25, 0.3) is 0 Å². The molecule has 1 saturated carbocycles. The summed E-state index contributed by atoms with van der Waals surface area (Å²) in [6.07, 6.45) is -10.5. The van der Waals surface area contributed by atoms with Gasteiger partial charge in [0.2, 0.25) is 0 Å². The Hall–Kier alpha value is -4.32. The van der Waals surface area contributed by atoms with E-state index in [0.717, 1.165) is 16.7 Å². The van der Waals surface area contributed by atoms with E-state index >= 15 is 0 Å². The van der Waals surface area contributed by atoms with Crippen LogP contribution in [0.5, 0.6) is 0 Å². The summed E-state index contributed by atoms with van der Waals surface area (Å²) < 4.78 is 79.8. The Morgan fingerprint density at radius 2 is 1.30 bits per heavy atom. The van der Waals surface area contributed by atoms with Gasteiger partial charge in [-0.1, -0.05) is 152 Å². The standard InChI is InChI=1S/C60H87N3O15Si/c1-12-29-67-53-50(75-54-37(5)35(3)36(4)45(72-54)31-62-58(65)69-32-39-23-17-14-18-24-39)44(13-2)71-57(53)77-52-47(64)42(61)30-43(63-59(66)70-33-40-25-19-15-20-26-40)49(52)74-55-38(6)48(78-79(10,11)60(7,8)9)51-46(73-55)34-68-56(76-51)41-27-21-16-22-28-41/h12,14-28,35-38,42-57,64H,1,13,29-34,61H2,2-11H3,(H,62,65)(H,63,66)/t35-,36-,37+,38+,42+,43-,44+,45-,46+,47-,48+,49+,50+,51+,52+,53+,54+,55+,56?,57-/m0/s1. The number of amides is 2. The fourth-order valence-corrected chi connectivity index (χ4v) is 12.3. The number of benzene rings is 3. The number of carbonyl (C=O) groups excluding carboxylic acids is 2. The first-order valence-corrected chi connectivity index (χ1v) is 31.2. The zero-order valence-corrected chi connectivity index (χ0v) is 48.7. The molecule has 79 heavy (non-hydrogen) atoms. The van der Waals surface area contributed by atoms with Crippen molar-refractivity contribution in [3.63, 3.8) is 0 Å². The van der Waals surface area contributed by atoms with Crippen LogP contribution in [0.1, 0.15) is 91.2 Å². The van der Waals surface area contributed by atoms with Gasteiger partial charge in [-0.3, -0.25) is 0 Å². The number of carbonyl (C=O) groups is 2. The van der Waals surface area contributed by atoms with E-state index in [4.69, 9.17) is 62.3 Å². The zero-order valence-electron chi connectivity index (χ0n) is 47.7. The Bertz CT molecular complexity index is 2390. The first kappa shape index (κ1) is 60.8. The van der Waals surface area contributed by atoms with E-state index in [-0.39, 0.29) is 62.2 Å². The van der Waals surface area contributed by atoms with Crippen LogP contribution in [0.4, 0.5) is 9.59 Å². The summed E-state index contributed by atoms with van der Waals surface area (Å²) in [6.45, 7) is 25.9. The van der Waals surface area contributed by atoms with Gasteiger partial charge in [0, 0.05) is 30.0 Å². The maximum atomic E-state index is 13.9. The van der Waals surface area contributed by atoms with Crippen molar-refractivity contribution in [3.8, 4) is 0 Å². The Morgan fingerprint density at radius 1 is 0.722 bits per heavy atom. The number of nitrogens with two attached hydrogens (primary N) is 1. The predicted molar refractivity (Wildman–Crippen MR) is 296 cm³/mol. The van der Waals surface area contributed by atoms with Crippen molar-refractivity contribution in [1.82, 2.24) is 10.6 Å². The Balaban J connectivity index is 1.05. The Kier molecular flexibility index (Phi) is 20.9. The van der Waals surface area contributed by atoms with Gasteiger partial charge in [0.25, 0.3) is 0 Å². The number of fused-ring (bicyclic) bond motifs is 1. The van der Waals surface area contributed by atoms with Crippen LogP contribution in [-0.2, 0) is 69.7 Å². The highest BCUT2D eigenvalue weighted by Crippen LogP contribution is 2.45. The van der Waals surface area contributed by atoms with Gasteiger partial charge in [0.15, 0.2) is 33.5 Å². The van der Waals surface area contributed by atoms with E-state index in [0.29, 0.717) is 6.42 Å². The second kappa shape index (κ2) is 27.2. The lowest BCUT2D eigenvalue weighted by Crippen LogP contribution is -2.68. The molecule has 5 aliphatic rings. The fourth-order valence-electron chi connectivity index (χ4n) is 10.9. The van der Waals surface area contributed by atoms with E-state index in [1.807, 2.05) is 105 Å². The molecule has 0 bridgehead atoms. The molecule has 4 heterocycles. The summed E-state index contributed by atoms with van der Waals surface area (Å²) in [5, 5.41) is 18.1. The number of rotatable bonds is 20. The number of hydrogen-bond acceptors (Lipinski definition) is 16. The second-order valence-electron chi connectivity index (χ2n) is 23.5. The number of ether oxygens (including phenoxy) is 11. The third-order valence-electron chi connectivity index (χ3n) is 17.1. The van der Waals surface area contributed by atoms with E-state index < -0.39 is 125 Å². The molecule has 0 radical (unpaired) electrons. The highest BCUT2D eigenvalue weighted by molar-refractivity contribution is 6.74. The number of hydrogen-bond donors (Lipinski definition) is 4. The largest absolute Gasteiger partial charge is 0.445 e. The van der Waals surface area contributed by atoms with Crippen molar-refractivity contribution < 1.29 is 71.2 Å². The maximum Gasteiger partial charge on any atom is 0.407 e. The molecule has 0 spiro atoms. The van der Waals surface area contributed by atoms with Crippen LogP contribution >= 0.6 is 0 Å². The second-order valence-corrected chi connectivity index (χ2v) is 28.3. The van der Waals surface area contributed by atoms with Gasteiger partial charge in [0.1, 0.15) is 49.8 Å². The predicted octanol–water partition coefficient (Wildman–Crippen LogP) is 8.66. The number of nitrogens with one attached hydrogen (secondary N) is 2. The van der Waals surface area contributed by atoms with Crippen LogP contribution in [0, 0.1) is 23.7 Å². The average molecular weight is 1120 g/mol. The number of aliphatic hydroxyl groups is 1. The number of alkyl carbamates (subject to hydrolysis) is 2. The summed E-state index contributed by atoms with van der Waals surface area (Å²) >= 11 is 0. The minimum atomic E-state index is -2.48. The molecule has 0 aromatic heterocycles. The minimum absolute atomic E-state index is 0.0133. The molecule has 5 fully saturated rings. The quantitative estimate of drug-likeness (QED) is 0.0615. The van der Waals surface area contributed by atoms with Crippen molar-refractivity contribution in [2.45, 2.75) is 198 Å². The highest BCUT2D eigenvalue weighted by atomic mass is 28.4. The fraction of sp³-hybridized carbons (Fsp3) is 0.633. The van der Waals surface area contributed by atoms with Gasteiger partial charge in [0.05, 0.1) is 43.7 Å². The van der Waals surface area contributed by atoms with Gasteiger partial charge in [-0.05, 0) is 53.9 Å². The Morgan fingerprint density at radius 3 is 1.92 bits per heavy atom. The van der Waals surface area contributed by atoms with E-state index in [9.17, 15) is 14.7 Å². The molecule has 3 aromatic rings. The van der Waals surface area contributed by atoms with Gasteiger partial charge < -0.3 is 78.0 Å². The van der Waals surface area contributed by atoms with Crippen LogP contribution < -0.4 is 16.4 Å². The van der Waals surface area contributed by atoms with Gasteiger partial charge in [-0.15, -0.1) is 6.58 Å². The molecule has 20 atom stereocenters. The number of aliphatic hydroxyl groups excluding tert-OH is 1. The van der Waals surface area contributed by atoms with Crippen molar-refractivity contribution in [1.29, 1.82) is 0 Å².